The highest BCUT2D eigenvalue weighted by Gasteiger charge is 2.39. The quantitative estimate of drug-likeness (QED) is 0.919. The Morgan fingerprint density at radius 3 is 2.88 bits per heavy atom. The van der Waals surface area contributed by atoms with Crippen molar-refractivity contribution < 1.29 is 18.8 Å². The summed E-state index contributed by atoms with van der Waals surface area (Å²) in [4.78, 5) is 14.5. The number of hydrogen-bond acceptors (Lipinski definition) is 6. The number of nitrogens with zero attached hydrogens (tertiary/aromatic N) is 2. The van der Waals surface area contributed by atoms with Gasteiger partial charge >= 0.3 is 0 Å². The highest BCUT2D eigenvalue weighted by atomic mass is 16.5. The molecule has 1 spiro atoms. The van der Waals surface area contributed by atoms with Crippen molar-refractivity contribution in [2.75, 3.05) is 31.6 Å². The summed E-state index contributed by atoms with van der Waals surface area (Å²) < 4.78 is 16.7. The molecule has 2 aliphatic rings. The first-order valence-corrected chi connectivity index (χ1v) is 8.50. The maximum Gasteiger partial charge on any atom is 0.239 e. The van der Waals surface area contributed by atoms with Crippen LogP contribution in [0.3, 0.4) is 0 Å². The van der Waals surface area contributed by atoms with E-state index in [-0.39, 0.29) is 18.1 Å². The van der Waals surface area contributed by atoms with Crippen LogP contribution in [0.25, 0.3) is 0 Å². The number of aromatic nitrogens is 1. The Morgan fingerprint density at radius 2 is 2.08 bits per heavy atom. The molecule has 0 radical (unpaired) electrons. The van der Waals surface area contributed by atoms with Gasteiger partial charge in [-0.1, -0.05) is 23.4 Å². The predicted octanol–water partition coefficient (Wildman–Crippen LogP) is 2.06. The Morgan fingerprint density at radius 1 is 1.24 bits per heavy atom. The van der Waals surface area contributed by atoms with Crippen LogP contribution in [0.15, 0.2) is 41.1 Å². The molecule has 1 fully saturated rings. The molecule has 7 heteroatoms. The average Bonchev–Trinajstić information content (AvgIpc) is 3.05. The zero-order chi connectivity index (χ0) is 17.1. The van der Waals surface area contributed by atoms with Gasteiger partial charge in [-0.2, -0.15) is 0 Å². The molecule has 2 aromatic rings. The molecule has 3 heterocycles. The molecule has 1 N–H and O–H groups in total. The normalized spacial score (nSPS) is 19.7. The number of carbonyl (C=O) groups excluding carboxylic acids is 1. The van der Waals surface area contributed by atoms with E-state index < -0.39 is 0 Å². The monoisotopic (exact) mass is 343 g/mol. The van der Waals surface area contributed by atoms with Crippen LogP contribution in [0.5, 0.6) is 5.75 Å². The van der Waals surface area contributed by atoms with E-state index in [1.165, 1.54) is 6.26 Å². The summed E-state index contributed by atoms with van der Waals surface area (Å²) >= 11 is 0. The highest BCUT2D eigenvalue weighted by molar-refractivity contribution is 5.91. The van der Waals surface area contributed by atoms with Gasteiger partial charge in [-0.05, 0) is 6.07 Å². The van der Waals surface area contributed by atoms with Gasteiger partial charge < -0.3 is 19.3 Å². The second kappa shape index (κ2) is 6.85. The van der Waals surface area contributed by atoms with Gasteiger partial charge in [-0.3, -0.25) is 9.69 Å². The highest BCUT2D eigenvalue weighted by Crippen LogP contribution is 2.34. The first-order valence-electron chi connectivity index (χ1n) is 8.50. The molecule has 0 atom stereocenters. The van der Waals surface area contributed by atoms with Crippen molar-refractivity contribution in [3.8, 4) is 5.75 Å². The Bertz CT molecular complexity index is 726. The van der Waals surface area contributed by atoms with Gasteiger partial charge in [0.05, 0.1) is 19.8 Å². The zero-order valence-electron chi connectivity index (χ0n) is 13.9. The molecule has 0 saturated carbocycles. The molecule has 7 nitrogen and oxygen atoms in total. The number of hydrogen-bond donors (Lipinski definition) is 1. The third kappa shape index (κ3) is 3.67. The summed E-state index contributed by atoms with van der Waals surface area (Å²) in [5.41, 5.74) is 0.791. The Labute approximate surface area is 145 Å². The summed E-state index contributed by atoms with van der Waals surface area (Å²) in [5.74, 6) is 1.22. The summed E-state index contributed by atoms with van der Waals surface area (Å²) in [5, 5.41) is 6.47. The van der Waals surface area contributed by atoms with E-state index in [0.29, 0.717) is 32.1 Å². The molecule has 0 unspecified atom stereocenters. The lowest BCUT2D eigenvalue weighted by Crippen LogP contribution is -2.50. The van der Waals surface area contributed by atoms with Gasteiger partial charge in [-0.15, -0.1) is 0 Å². The standard InChI is InChI=1S/C18H21N3O4/c22-17(19-16-5-8-24-20-16)12-21-11-14-3-1-2-4-15(14)25-18(13-21)6-9-23-10-7-18/h1-5,8H,6-7,9-13H2,(H,19,20,22). The molecule has 4 rings (SSSR count). The zero-order valence-corrected chi connectivity index (χ0v) is 13.9. The maximum atomic E-state index is 12.4. The van der Waals surface area contributed by atoms with Gasteiger partial charge in [0, 0.05) is 37.6 Å². The van der Waals surface area contributed by atoms with Gasteiger partial charge in [0.25, 0.3) is 0 Å². The molecule has 1 aromatic heterocycles. The summed E-state index contributed by atoms with van der Waals surface area (Å²) in [6.45, 7) is 3.00. The first kappa shape index (κ1) is 16.1. The SMILES string of the molecule is O=C(CN1Cc2ccccc2OC2(CCOCC2)C1)Nc1ccon1. The molecular formula is C18H21N3O4. The van der Waals surface area contributed by atoms with Crippen LogP contribution >= 0.6 is 0 Å². The molecule has 1 aromatic carbocycles. The maximum absolute atomic E-state index is 12.4. The van der Waals surface area contributed by atoms with Crippen molar-refractivity contribution in [2.45, 2.75) is 25.0 Å². The molecule has 132 valence electrons. The molecule has 1 saturated heterocycles. The van der Waals surface area contributed by atoms with Crippen LogP contribution in [-0.4, -0.2) is 47.9 Å². The van der Waals surface area contributed by atoms with Crippen molar-refractivity contribution in [3.05, 3.63) is 42.2 Å². The number of para-hydroxylation sites is 1. The molecule has 1 amide bonds. The Balaban J connectivity index is 1.53. The van der Waals surface area contributed by atoms with E-state index in [1.54, 1.807) is 6.07 Å². The Kier molecular flexibility index (Phi) is 4.42. The molecule has 0 bridgehead atoms. The Hall–Kier alpha value is -2.38. The molecule has 2 aliphatic heterocycles. The third-order valence-corrected chi connectivity index (χ3v) is 4.68. The third-order valence-electron chi connectivity index (χ3n) is 4.68. The van der Waals surface area contributed by atoms with E-state index in [2.05, 4.69) is 21.4 Å². The molecular weight excluding hydrogens is 322 g/mol. The molecule has 0 aliphatic carbocycles. The van der Waals surface area contributed by atoms with Gasteiger partial charge in [-0.25, -0.2) is 0 Å². The van der Waals surface area contributed by atoms with Crippen LogP contribution in [0, 0.1) is 0 Å². The van der Waals surface area contributed by atoms with E-state index >= 15 is 0 Å². The average molecular weight is 343 g/mol. The van der Waals surface area contributed by atoms with Crippen LogP contribution in [-0.2, 0) is 16.1 Å². The molecule has 25 heavy (non-hydrogen) atoms. The van der Waals surface area contributed by atoms with Crippen LogP contribution in [0.1, 0.15) is 18.4 Å². The lowest BCUT2D eigenvalue weighted by molar-refractivity contribution is -0.118. The van der Waals surface area contributed by atoms with E-state index in [9.17, 15) is 4.79 Å². The number of rotatable bonds is 3. The summed E-state index contributed by atoms with van der Waals surface area (Å²) in [6.07, 6.45) is 3.08. The minimum atomic E-state index is -0.307. The number of amides is 1. The van der Waals surface area contributed by atoms with Crippen molar-refractivity contribution in [1.82, 2.24) is 10.1 Å². The van der Waals surface area contributed by atoms with Crippen molar-refractivity contribution >= 4 is 11.7 Å². The van der Waals surface area contributed by atoms with Gasteiger partial charge in [0.2, 0.25) is 5.91 Å². The number of carbonyl (C=O) groups is 1. The second-order valence-electron chi connectivity index (χ2n) is 6.58. The minimum absolute atomic E-state index is 0.115. The van der Waals surface area contributed by atoms with Crippen molar-refractivity contribution in [2.24, 2.45) is 0 Å². The topological polar surface area (TPSA) is 76.8 Å². The number of anilines is 1. The fourth-order valence-corrected chi connectivity index (χ4v) is 3.48. The largest absolute Gasteiger partial charge is 0.485 e. The van der Waals surface area contributed by atoms with Crippen molar-refractivity contribution in [1.29, 1.82) is 0 Å². The lowest BCUT2D eigenvalue weighted by atomic mass is 9.93. The fraction of sp³-hybridized carbons (Fsp3) is 0.444. The van der Waals surface area contributed by atoms with Gasteiger partial charge in [0.15, 0.2) is 5.82 Å². The van der Waals surface area contributed by atoms with Crippen LogP contribution in [0.2, 0.25) is 0 Å². The van der Waals surface area contributed by atoms with Crippen LogP contribution in [0.4, 0.5) is 5.82 Å². The fourth-order valence-electron chi connectivity index (χ4n) is 3.48. The van der Waals surface area contributed by atoms with Gasteiger partial charge in [0.1, 0.15) is 17.6 Å². The smallest absolute Gasteiger partial charge is 0.239 e. The number of fused-ring (bicyclic) bond motifs is 1. The lowest BCUT2D eigenvalue weighted by Gasteiger charge is -2.38. The number of nitrogens with one attached hydrogen (secondary N) is 1. The predicted molar refractivity (Wildman–Crippen MR) is 90.3 cm³/mol. The summed E-state index contributed by atoms with van der Waals surface area (Å²) in [6, 6.07) is 9.66. The van der Waals surface area contributed by atoms with Crippen molar-refractivity contribution in [3.63, 3.8) is 0 Å². The van der Waals surface area contributed by atoms with E-state index in [4.69, 9.17) is 14.0 Å². The number of benzene rings is 1. The van der Waals surface area contributed by atoms with E-state index in [1.807, 2.05) is 18.2 Å². The first-order chi connectivity index (χ1) is 12.2. The minimum Gasteiger partial charge on any atom is -0.485 e. The van der Waals surface area contributed by atoms with E-state index in [0.717, 1.165) is 24.2 Å². The second-order valence-corrected chi connectivity index (χ2v) is 6.58. The number of ether oxygens (including phenoxy) is 2. The van der Waals surface area contributed by atoms with Crippen LogP contribution < -0.4 is 10.1 Å². The summed E-state index contributed by atoms with van der Waals surface area (Å²) in [7, 11) is 0.